The Hall–Kier alpha value is -5.55. The number of carboxylic acid groups (broad SMARTS) is 2. The quantitative estimate of drug-likeness (QED) is 0.0594. The predicted molar refractivity (Wildman–Crippen MR) is 305 cm³/mol. The number of rotatable bonds is 23. The van der Waals surface area contributed by atoms with Crippen LogP contribution < -0.4 is 9.47 Å². The van der Waals surface area contributed by atoms with E-state index in [9.17, 15) is 44.1 Å². The highest BCUT2D eigenvalue weighted by Gasteiger charge is 2.35. The molecule has 15 nitrogen and oxygen atoms in total. The smallest absolute Gasteiger partial charge is 0.306 e. The fourth-order valence-corrected chi connectivity index (χ4v) is 12.9. The van der Waals surface area contributed by atoms with Crippen LogP contribution in [0.1, 0.15) is 148 Å². The van der Waals surface area contributed by atoms with E-state index in [-0.39, 0.29) is 106 Å². The van der Waals surface area contributed by atoms with E-state index in [4.69, 9.17) is 44.3 Å². The molecule has 2 aliphatic heterocycles. The molecule has 430 valence electrons. The molecule has 0 spiro atoms. The van der Waals surface area contributed by atoms with Crippen molar-refractivity contribution < 1.29 is 53.6 Å². The number of amides is 4. The number of likely N-dealkylation sites (tertiary alicyclic amines) is 2. The van der Waals surface area contributed by atoms with E-state index in [1.54, 1.807) is 0 Å². The van der Waals surface area contributed by atoms with Gasteiger partial charge in [-0.25, -0.2) is 0 Å². The zero-order valence-corrected chi connectivity index (χ0v) is 48.2. The van der Waals surface area contributed by atoms with E-state index in [0.29, 0.717) is 57.6 Å². The van der Waals surface area contributed by atoms with Crippen LogP contribution in [-0.4, -0.2) is 110 Å². The van der Waals surface area contributed by atoms with Gasteiger partial charge in [-0.05, 0) is 159 Å². The number of hydrogen-bond donors (Lipinski definition) is 3. The standard InChI is InChI=1S/C32H38Cl2N2O5.C30H37ClN2O6/c1-2-22-17-21(5-12-28(22)41-16-15-36-29(37)13-14-30(36)38)19-35(18-20-3-6-23(7-4-20)32(39)40)27-11-9-25-24(27)8-10-26(33)31(25)34;1-20(23-7-9-26(31)10-8-23)32(17-21-2-5-24(6-3-21)30(37)38)18-22-4-11-27(25(16-22)19-34)39-15-14-33-28(35)12-13-29(33)36/h5,8,10,12,17,20,23,27H,2-4,6-7,9,11,13-16,18-19H2,1H3,(H,39,40);4,7-11,16,20-21,24,34H,2-3,5-6,12-15,17-19H2,1H3,(H,37,38)/t20?,23?,27-;20-,21?,24?/m00/s1. The van der Waals surface area contributed by atoms with Gasteiger partial charge in [-0.3, -0.25) is 48.4 Å². The second-order valence-electron chi connectivity index (χ2n) is 22.2. The summed E-state index contributed by atoms with van der Waals surface area (Å²) in [6.45, 7) is 8.11. The van der Waals surface area contributed by atoms with Crippen LogP contribution in [0.25, 0.3) is 0 Å². The lowest BCUT2D eigenvalue weighted by Gasteiger charge is -2.35. The minimum atomic E-state index is -0.697. The van der Waals surface area contributed by atoms with E-state index in [1.807, 2.05) is 54.6 Å². The molecule has 4 aromatic rings. The lowest BCUT2D eigenvalue weighted by molar-refractivity contribution is -0.144. The summed E-state index contributed by atoms with van der Waals surface area (Å²) in [6.07, 6.45) is 10.2. The first-order valence-corrected chi connectivity index (χ1v) is 29.6. The summed E-state index contributed by atoms with van der Waals surface area (Å²) in [4.78, 5) is 77.9. The van der Waals surface area contributed by atoms with Crippen LogP contribution in [0.4, 0.5) is 0 Å². The number of carboxylic acids is 2. The van der Waals surface area contributed by atoms with Gasteiger partial charge in [-0.15, -0.1) is 0 Å². The van der Waals surface area contributed by atoms with Gasteiger partial charge in [0.15, 0.2) is 0 Å². The Morgan fingerprint density at radius 1 is 0.625 bits per heavy atom. The summed E-state index contributed by atoms with van der Waals surface area (Å²) in [6, 6.07) is 24.2. The van der Waals surface area contributed by atoms with Crippen molar-refractivity contribution in [2.75, 3.05) is 39.4 Å². The van der Waals surface area contributed by atoms with Crippen molar-refractivity contribution in [2.45, 2.75) is 142 Å². The molecule has 4 fully saturated rings. The number of carbonyl (C=O) groups excluding carboxylic acids is 4. The first-order chi connectivity index (χ1) is 38.5. The number of imide groups is 2. The predicted octanol–water partition coefficient (Wildman–Crippen LogP) is 11.3. The van der Waals surface area contributed by atoms with Crippen LogP contribution in [0, 0.1) is 23.7 Å². The number of carbonyl (C=O) groups is 6. The Labute approximate surface area is 484 Å². The normalized spacial score (nSPS) is 21.5. The second kappa shape index (κ2) is 28.4. The SMILES string of the molecule is CCc1cc(CN(CC2CCC(C(=O)O)CC2)[C@H]2CCc3c2ccc(Cl)c3Cl)ccc1OCCN1C(=O)CCC1=O.C[C@@H](c1ccc(Cl)cc1)N(Cc1ccc(OCCN2C(=O)CCC2=O)c(CO)c1)CC1CCC(C(=O)O)CC1. The van der Waals surface area contributed by atoms with Crippen LogP contribution >= 0.6 is 34.8 Å². The molecule has 0 radical (unpaired) electrons. The van der Waals surface area contributed by atoms with Crippen molar-refractivity contribution in [3.63, 3.8) is 0 Å². The molecular weight excluding hydrogens is 1080 g/mol. The van der Waals surface area contributed by atoms with Crippen molar-refractivity contribution in [3.8, 4) is 11.5 Å². The van der Waals surface area contributed by atoms with Gasteiger partial charge >= 0.3 is 11.9 Å². The molecular formula is C62H75Cl3N4O11. The number of aryl methyl sites for hydroxylation is 1. The summed E-state index contributed by atoms with van der Waals surface area (Å²) in [7, 11) is 0. The van der Waals surface area contributed by atoms with E-state index in [1.165, 1.54) is 20.9 Å². The van der Waals surface area contributed by atoms with E-state index in [0.717, 1.165) is 105 Å². The molecule has 2 saturated heterocycles. The second-order valence-corrected chi connectivity index (χ2v) is 23.4. The van der Waals surface area contributed by atoms with Crippen LogP contribution in [0.15, 0.2) is 72.8 Å². The molecule has 3 aliphatic carbocycles. The van der Waals surface area contributed by atoms with Gasteiger partial charge in [0.05, 0.1) is 41.6 Å². The summed E-state index contributed by atoms with van der Waals surface area (Å²) < 4.78 is 11.9. The third-order valence-electron chi connectivity index (χ3n) is 17.0. The zero-order valence-electron chi connectivity index (χ0n) is 45.9. The summed E-state index contributed by atoms with van der Waals surface area (Å²) in [5.74, 6) is -0.281. The fraction of sp³-hybridized carbons (Fsp3) is 0.516. The third kappa shape index (κ3) is 15.5. The summed E-state index contributed by atoms with van der Waals surface area (Å²) in [5.41, 5.74) is 7.46. The van der Waals surface area contributed by atoms with Crippen molar-refractivity contribution in [1.29, 1.82) is 0 Å². The molecule has 9 rings (SSSR count). The Balaban J connectivity index is 0.000000211. The molecule has 2 saturated carbocycles. The first-order valence-electron chi connectivity index (χ1n) is 28.4. The number of nitrogens with zero attached hydrogens (tertiary/aromatic N) is 4. The Morgan fingerprint density at radius 3 is 1.64 bits per heavy atom. The summed E-state index contributed by atoms with van der Waals surface area (Å²) >= 11 is 19.1. The van der Waals surface area contributed by atoms with E-state index >= 15 is 0 Å². The molecule has 2 atom stereocenters. The Bertz CT molecular complexity index is 2820. The van der Waals surface area contributed by atoms with Crippen molar-refractivity contribution >= 4 is 70.4 Å². The molecule has 5 aliphatic rings. The highest BCUT2D eigenvalue weighted by molar-refractivity contribution is 6.42. The molecule has 2 heterocycles. The Morgan fingerprint density at radius 2 is 1.12 bits per heavy atom. The molecule has 4 aromatic carbocycles. The maximum Gasteiger partial charge on any atom is 0.306 e. The number of ether oxygens (including phenoxy) is 2. The van der Waals surface area contributed by atoms with Crippen LogP contribution in [0.2, 0.25) is 15.1 Å². The molecule has 18 heteroatoms. The van der Waals surface area contributed by atoms with Crippen LogP contribution in [-0.2, 0) is 61.3 Å². The number of fused-ring (bicyclic) bond motifs is 1. The van der Waals surface area contributed by atoms with E-state index < -0.39 is 11.9 Å². The van der Waals surface area contributed by atoms with Crippen molar-refractivity contribution in [1.82, 2.24) is 19.6 Å². The maximum absolute atomic E-state index is 11.9. The van der Waals surface area contributed by atoms with Gasteiger partial charge in [0, 0.05) is 74.5 Å². The average Bonchev–Trinajstić information content (AvgIpc) is 4.18. The lowest BCUT2D eigenvalue weighted by Crippen LogP contribution is -2.34. The average molecular weight is 1160 g/mol. The monoisotopic (exact) mass is 1160 g/mol. The lowest BCUT2D eigenvalue weighted by atomic mass is 9.81. The van der Waals surface area contributed by atoms with Gasteiger partial charge in [0.25, 0.3) is 0 Å². The fourth-order valence-electron chi connectivity index (χ4n) is 12.3. The van der Waals surface area contributed by atoms with Crippen LogP contribution in [0.5, 0.6) is 11.5 Å². The number of hydrogen-bond acceptors (Lipinski definition) is 11. The van der Waals surface area contributed by atoms with Crippen molar-refractivity contribution in [3.05, 3.63) is 127 Å². The number of aliphatic hydroxyl groups is 1. The minimum absolute atomic E-state index is 0.100. The van der Waals surface area contributed by atoms with Gasteiger partial charge in [-0.2, -0.15) is 0 Å². The van der Waals surface area contributed by atoms with Gasteiger partial charge in [-0.1, -0.05) is 78.1 Å². The molecule has 0 unspecified atom stereocenters. The van der Waals surface area contributed by atoms with Gasteiger partial charge in [0.2, 0.25) is 23.6 Å². The first kappa shape index (κ1) is 60.5. The number of aliphatic carboxylic acids is 2. The largest absolute Gasteiger partial charge is 0.491 e. The number of benzene rings is 4. The van der Waals surface area contributed by atoms with Gasteiger partial charge < -0.3 is 24.8 Å². The minimum Gasteiger partial charge on any atom is -0.491 e. The zero-order chi connectivity index (χ0) is 57.0. The molecule has 0 bridgehead atoms. The van der Waals surface area contributed by atoms with Crippen LogP contribution in [0.3, 0.4) is 0 Å². The molecule has 0 aromatic heterocycles. The Kier molecular flexibility index (Phi) is 21.5. The number of aliphatic hydroxyl groups excluding tert-OH is 1. The number of halogens is 3. The summed E-state index contributed by atoms with van der Waals surface area (Å²) in [5, 5.41) is 30.8. The highest BCUT2D eigenvalue weighted by Crippen LogP contribution is 2.44. The molecule has 3 N–H and O–H groups in total. The highest BCUT2D eigenvalue weighted by atomic mass is 35.5. The van der Waals surface area contributed by atoms with Gasteiger partial charge in [0.1, 0.15) is 24.7 Å². The molecule has 80 heavy (non-hydrogen) atoms. The topological polar surface area (TPSA) is 195 Å². The molecule has 4 amide bonds. The third-order valence-corrected chi connectivity index (χ3v) is 18.1. The maximum atomic E-state index is 11.9. The van der Waals surface area contributed by atoms with E-state index in [2.05, 4.69) is 41.8 Å². The van der Waals surface area contributed by atoms with Crippen molar-refractivity contribution in [2.24, 2.45) is 23.7 Å².